The van der Waals surface area contributed by atoms with Gasteiger partial charge in [0.1, 0.15) is 5.82 Å². The second kappa shape index (κ2) is 7.01. The lowest BCUT2D eigenvalue weighted by molar-refractivity contribution is 0.102. The van der Waals surface area contributed by atoms with Gasteiger partial charge in [0.25, 0.3) is 5.91 Å². The number of anilines is 2. The molecule has 126 valence electrons. The first-order chi connectivity index (χ1) is 11.5. The molecule has 0 bridgehead atoms. The van der Waals surface area contributed by atoms with E-state index < -0.39 is 0 Å². The van der Waals surface area contributed by atoms with Crippen molar-refractivity contribution in [2.45, 2.75) is 13.8 Å². The van der Waals surface area contributed by atoms with E-state index in [0.717, 1.165) is 43.2 Å². The van der Waals surface area contributed by atoms with Crippen LogP contribution in [0.3, 0.4) is 0 Å². The number of nitrogens with zero attached hydrogens (tertiary/aromatic N) is 3. The fraction of sp³-hybridized carbons (Fsp3) is 0.368. The lowest BCUT2D eigenvalue weighted by Gasteiger charge is -2.34. The standard InChI is InChI=1S/C19H24N4O/c1-14-6-7-17(15(2)13-14)21-19(24)16-5-4-8-20-18(16)23-11-9-22(3)10-12-23/h4-8,13H,9-12H2,1-3H3,(H,21,24). The highest BCUT2D eigenvalue weighted by atomic mass is 16.1. The number of likely N-dealkylation sites (N-methyl/N-ethyl adjacent to an activating group) is 1. The normalized spacial score (nSPS) is 15.4. The Kier molecular flexibility index (Phi) is 4.81. The molecule has 1 aliphatic heterocycles. The van der Waals surface area contributed by atoms with Crippen LogP contribution in [-0.2, 0) is 0 Å². The number of rotatable bonds is 3. The molecule has 1 fully saturated rings. The Labute approximate surface area is 143 Å². The fourth-order valence-corrected chi connectivity index (χ4v) is 2.99. The van der Waals surface area contributed by atoms with E-state index in [9.17, 15) is 4.79 Å². The SMILES string of the molecule is Cc1ccc(NC(=O)c2cccnc2N2CCN(C)CC2)c(C)c1. The number of piperazine rings is 1. The van der Waals surface area contributed by atoms with E-state index in [4.69, 9.17) is 0 Å². The summed E-state index contributed by atoms with van der Waals surface area (Å²) in [4.78, 5) is 21.7. The number of pyridine rings is 1. The minimum absolute atomic E-state index is 0.107. The summed E-state index contributed by atoms with van der Waals surface area (Å²) in [5.74, 6) is 0.664. The summed E-state index contributed by atoms with van der Waals surface area (Å²) in [5.41, 5.74) is 3.72. The van der Waals surface area contributed by atoms with Crippen LogP contribution in [0, 0.1) is 13.8 Å². The summed E-state index contributed by atoms with van der Waals surface area (Å²) < 4.78 is 0. The molecule has 5 heteroatoms. The molecule has 0 unspecified atom stereocenters. The summed E-state index contributed by atoms with van der Waals surface area (Å²) in [7, 11) is 2.11. The van der Waals surface area contributed by atoms with Crippen molar-refractivity contribution in [3.05, 3.63) is 53.2 Å². The number of hydrogen-bond donors (Lipinski definition) is 1. The molecule has 0 radical (unpaired) electrons. The van der Waals surface area contributed by atoms with E-state index in [0.29, 0.717) is 5.56 Å². The van der Waals surface area contributed by atoms with Crippen LogP contribution in [0.4, 0.5) is 11.5 Å². The molecule has 2 aromatic rings. The number of hydrogen-bond acceptors (Lipinski definition) is 4. The van der Waals surface area contributed by atoms with Crippen molar-refractivity contribution in [3.63, 3.8) is 0 Å². The number of carbonyl (C=O) groups excluding carboxylic acids is 1. The molecule has 0 spiro atoms. The molecule has 1 amide bonds. The van der Waals surface area contributed by atoms with Crippen molar-refractivity contribution in [1.29, 1.82) is 0 Å². The molecule has 1 aromatic carbocycles. The Morgan fingerprint density at radius 2 is 1.88 bits per heavy atom. The molecular weight excluding hydrogens is 300 g/mol. The number of benzene rings is 1. The highest BCUT2D eigenvalue weighted by Gasteiger charge is 2.21. The summed E-state index contributed by atoms with van der Waals surface area (Å²) in [6.45, 7) is 7.79. The molecule has 3 rings (SSSR count). The van der Waals surface area contributed by atoms with Gasteiger partial charge in [-0.05, 0) is 44.7 Å². The Balaban J connectivity index is 1.82. The second-order valence-corrected chi connectivity index (χ2v) is 6.44. The average Bonchev–Trinajstić information content (AvgIpc) is 2.58. The van der Waals surface area contributed by atoms with Gasteiger partial charge in [-0.3, -0.25) is 4.79 Å². The van der Waals surface area contributed by atoms with Gasteiger partial charge in [0.05, 0.1) is 5.56 Å². The zero-order valence-corrected chi connectivity index (χ0v) is 14.5. The maximum Gasteiger partial charge on any atom is 0.259 e. The monoisotopic (exact) mass is 324 g/mol. The fourth-order valence-electron chi connectivity index (χ4n) is 2.99. The van der Waals surface area contributed by atoms with Crippen molar-refractivity contribution in [2.75, 3.05) is 43.4 Å². The molecule has 0 atom stereocenters. The molecule has 1 N–H and O–H groups in total. The van der Waals surface area contributed by atoms with E-state index in [1.165, 1.54) is 5.56 Å². The van der Waals surface area contributed by atoms with Gasteiger partial charge in [0.2, 0.25) is 0 Å². The van der Waals surface area contributed by atoms with Gasteiger partial charge in [-0.25, -0.2) is 4.98 Å². The van der Waals surface area contributed by atoms with E-state index in [1.54, 1.807) is 6.20 Å². The zero-order chi connectivity index (χ0) is 17.1. The van der Waals surface area contributed by atoms with Gasteiger partial charge in [-0.15, -0.1) is 0 Å². The van der Waals surface area contributed by atoms with Crippen molar-refractivity contribution in [3.8, 4) is 0 Å². The third-order valence-corrected chi connectivity index (χ3v) is 4.46. The molecule has 24 heavy (non-hydrogen) atoms. The van der Waals surface area contributed by atoms with Gasteiger partial charge in [0, 0.05) is 38.1 Å². The van der Waals surface area contributed by atoms with Gasteiger partial charge in [-0.2, -0.15) is 0 Å². The largest absolute Gasteiger partial charge is 0.353 e. The van der Waals surface area contributed by atoms with E-state index >= 15 is 0 Å². The number of carbonyl (C=O) groups is 1. The first kappa shape index (κ1) is 16.5. The predicted octanol–water partition coefficient (Wildman–Crippen LogP) is 2.70. The number of aryl methyl sites for hydroxylation is 2. The highest BCUT2D eigenvalue weighted by Crippen LogP contribution is 2.22. The maximum atomic E-state index is 12.8. The van der Waals surface area contributed by atoms with Crippen LogP contribution >= 0.6 is 0 Å². The average molecular weight is 324 g/mol. The van der Waals surface area contributed by atoms with Crippen LogP contribution in [0.5, 0.6) is 0 Å². The lowest BCUT2D eigenvalue weighted by Crippen LogP contribution is -2.45. The first-order valence-corrected chi connectivity index (χ1v) is 8.32. The predicted molar refractivity (Wildman–Crippen MR) is 97.8 cm³/mol. The quantitative estimate of drug-likeness (QED) is 0.943. The van der Waals surface area contributed by atoms with E-state index in [1.807, 2.05) is 38.1 Å². The minimum atomic E-state index is -0.107. The second-order valence-electron chi connectivity index (χ2n) is 6.44. The molecular formula is C19H24N4O. The molecule has 1 aromatic heterocycles. The van der Waals surface area contributed by atoms with Crippen molar-refractivity contribution >= 4 is 17.4 Å². The molecule has 1 saturated heterocycles. The molecule has 5 nitrogen and oxygen atoms in total. The van der Waals surface area contributed by atoms with Crippen LogP contribution in [-0.4, -0.2) is 49.0 Å². The van der Waals surface area contributed by atoms with Crippen LogP contribution in [0.2, 0.25) is 0 Å². The Morgan fingerprint density at radius 1 is 1.12 bits per heavy atom. The molecule has 0 saturated carbocycles. The smallest absolute Gasteiger partial charge is 0.259 e. The van der Waals surface area contributed by atoms with Gasteiger partial charge in [-0.1, -0.05) is 17.7 Å². The highest BCUT2D eigenvalue weighted by molar-refractivity contribution is 6.07. The maximum absolute atomic E-state index is 12.8. The van der Waals surface area contributed by atoms with Crippen LogP contribution in [0.15, 0.2) is 36.5 Å². The summed E-state index contributed by atoms with van der Waals surface area (Å²) in [6, 6.07) is 9.69. The van der Waals surface area contributed by atoms with Crippen molar-refractivity contribution in [1.82, 2.24) is 9.88 Å². The van der Waals surface area contributed by atoms with Crippen molar-refractivity contribution < 1.29 is 4.79 Å². The summed E-state index contributed by atoms with van der Waals surface area (Å²) in [6.07, 6.45) is 1.75. The number of nitrogens with one attached hydrogen (secondary N) is 1. The zero-order valence-electron chi connectivity index (χ0n) is 14.5. The number of amides is 1. The first-order valence-electron chi connectivity index (χ1n) is 8.32. The molecule has 1 aliphatic rings. The van der Waals surface area contributed by atoms with Gasteiger partial charge >= 0.3 is 0 Å². The van der Waals surface area contributed by atoms with Crippen LogP contribution in [0.1, 0.15) is 21.5 Å². The van der Waals surface area contributed by atoms with Gasteiger partial charge < -0.3 is 15.1 Å². The molecule has 2 heterocycles. The lowest BCUT2D eigenvalue weighted by atomic mass is 10.1. The Hall–Kier alpha value is -2.40. The summed E-state index contributed by atoms with van der Waals surface area (Å²) in [5, 5.41) is 3.03. The minimum Gasteiger partial charge on any atom is -0.353 e. The van der Waals surface area contributed by atoms with Crippen molar-refractivity contribution in [2.24, 2.45) is 0 Å². The van der Waals surface area contributed by atoms with E-state index in [-0.39, 0.29) is 5.91 Å². The Morgan fingerprint density at radius 3 is 2.58 bits per heavy atom. The van der Waals surface area contributed by atoms with Crippen LogP contribution in [0.25, 0.3) is 0 Å². The third kappa shape index (κ3) is 3.57. The van der Waals surface area contributed by atoms with E-state index in [2.05, 4.69) is 33.2 Å². The third-order valence-electron chi connectivity index (χ3n) is 4.46. The summed E-state index contributed by atoms with van der Waals surface area (Å²) >= 11 is 0. The van der Waals surface area contributed by atoms with Gasteiger partial charge in [0.15, 0.2) is 0 Å². The Bertz CT molecular complexity index is 736. The molecule has 0 aliphatic carbocycles. The van der Waals surface area contributed by atoms with Crippen LogP contribution < -0.4 is 10.2 Å². The number of aromatic nitrogens is 1. The topological polar surface area (TPSA) is 48.5 Å².